The van der Waals surface area contributed by atoms with E-state index < -0.39 is 0 Å². The van der Waals surface area contributed by atoms with Crippen LogP contribution in [0.4, 0.5) is 0 Å². The average molecular weight is 248 g/mol. The number of rotatable bonds is 3. The molecular formula is C14H20N2O2. The van der Waals surface area contributed by atoms with Crippen LogP contribution in [-0.2, 0) is 0 Å². The van der Waals surface area contributed by atoms with Crippen molar-refractivity contribution in [2.75, 3.05) is 33.0 Å². The maximum atomic E-state index is 5.47. The van der Waals surface area contributed by atoms with Crippen LogP contribution in [0.1, 0.15) is 24.9 Å². The summed E-state index contributed by atoms with van der Waals surface area (Å²) in [6, 6.07) is 6.83. The van der Waals surface area contributed by atoms with E-state index in [1.807, 2.05) is 6.07 Å². The van der Waals surface area contributed by atoms with Crippen molar-refractivity contribution in [3.8, 4) is 11.5 Å². The number of benzene rings is 1. The van der Waals surface area contributed by atoms with Crippen LogP contribution in [-0.4, -0.2) is 37.9 Å². The zero-order chi connectivity index (χ0) is 12.4. The summed E-state index contributed by atoms with van der Waals surface area (Å²) >= 11 is 0. The van der Waals surface area contributed by atoms with Gasteiger partial charge in [-0.05, 0) is 24.1 Å². The van der Waals surface area contributed by atoms with Crippen LogP contribution < -0.4 is 14.8 Å². The SMILES string of the molecule is CC[C@@H](c1ccc2c(c1)OCO2)N1CCNCC1. The van der Waals surface area contributed by atoms with Gasteiger partial charge in [-0.15, -0.1) is 0 Å². The second-order valence-corrected chi connectivity index (χ2v) is 4.82. The highest BCUT2D eigenvalue weighted by molar-refractivity contribution is 5.45. The molecule has 0 aliphatic carbocycles. The van der Waals surface area contributed by atoms with Crippen molar-refractivity contribution >= 4 is 0 Å². The Hall–Kier alpha value is -1.26. The second-order valence-electron chi connectivity index (χ2n) is 4.82. The van der Waals surface area contributed by atoms with Crippen LogP contribution in [0.25, 0.3) is 0 Å². The van der Waals surface area contributed by atoms with Gasteiger partial charge in [0.15, 0.2) is 11.5 Å². The topological polar surface area (TPSA) is 33.7 Å². The van der Waals surface area contributed by atoms with Crippen LogP contribution in [0.5, 0.6) is 11.5 Å². The summed E-state index contributed by atoms with van der Waals surface area (Å²) in [4.78, 5) is 2.55. The quantitative estimate of drug-likeness (QED) is 0.884. The van der Waals surface area contributed by atoms with Gasteiger partial charge in [-0.3, -0.25) is 4.90 Å². The minimum Gasteiger partial charge on any atom is -0.454 e. The van der Waals surface area contributed by atoms with Crippen molar-refractivity contribution in [3.05, 3.63) is 23.8 Å². The van der Waals surface area contributed by atoms with Crippen molar-refractivity contribution in [1.29, 1.82) is 0 Å². The third-order valence-electron chi connectivity index (χ3n) is 3.76. The monoisotopic (exact) mass is 248 g/mol. The number of nitrogens with zero attached hydrogens (tertiary/aromatic N) is 1. The van der Waals surface area contributed by atoms with Crippen LogP contribution in [0, 0.1) is 0 Å². The first-order valence-corrected chi connectivity index (χ1v) is 6.73. The molecular weight excluding hydrogens is 228 g/mol. The Labute approximate surface area is 108 Å². The standard InChI is InChI=1S/C14H20N2O2/c1-2-12(16-7-5-15-6-8-16)11-3-4-13-14(9-11)18-10-17-13/h3-4,9,12,15H,2,5-8,10H2,1H3/t12-/m0/s1. The fourth-order valence-corrected chi connectivity index (χ4v) is 2.82. The lowest BCUT2D eigenvalue weighted by molar-refractivity contribution is 0.168. The molecule has 2 aliphatic heterocycles. The molecule has 1 fully saturated rings. The highest BCUT2D eigenvalue weighted by Crippen LogP contribution is 2.36. The Balaban J connectivity index is 1.82. The van der Waals surface area contributed by atoms with Crippen LogP contribution in [0.3, 0.4) is 0 Å². The van der Waals surface area contributed by atoms with E-state index >= 15 is 0 Å². The fourth-order valence-electron chi connectivity index (χ4n) is 2.82. The lowest BCUT2D eigenvalue weighted by atomic mass is 10.0. The molecule has 4 nitrogen and oxygen atoms in total. The Morgan fingerprint density at radius 2 is 2.00 bits per heavy atom. The lowest BCUT2D eigenvalue weighted by Crippen LogP contribution is -2.45. The van der Waals surface area contributed by atoms with E-state index in [9.17, 15) is 0 Å². The van der Waals surface area contributed by atoms with E-state index in [0.717, 1.165) is 44.1 Å². The molecule has 1 N–H and O–H groups in total. The van der Waals surface area contributed by atoms with Gasteiger partial charge in [0.2, 0.25) is 6.79 Å². The van der Waals surface area contributed by atoms with Crippen molar-refractivity contribution in [1.82, 2.24) is 10.2 Å². The van der Waals surface area contributed by atoms with Crippen LogP contribution in [0.2, 0.25) is 0 Å². The van der Waals surface area contributed by atoms with Gasteiger partial charge in [-0.2, -0.15) is 0 Å². The minimum atomic E-state index is 0.350. The number of fused-ring (bicyclic) bond motifs is 1. The smallest absolute Gasteiger partial charge is 0.231 e. The van der Waals surface area contributed by atoms with E-state index in [1.165, 1.54) is 5.56 Å². The van der Waals surface area contributed by atoms with Gasteiger partial charge in [0, 0.05) is 32.2 Å². The number of nitrogens with one attached hydrogen (secondary N) is 1. The molecule has 3 rings (SSSR count). The first-order valence-electron chi connectivity index (χ1n) is 6.73. The molecule has 1 atom stereocenters. The zero-order valence-electron chi connectivity index (χ0n) is 10.8. The largest absolute Gasteiger partial charge is 0.454 e. The first-order chi connectivity index (χ1) is 8.88. The van der Waals surface area contributed by atoms with Gasteiger partial charge >= 0.3 is 0 Å². The summed E-state index contributed by atoms with van der Waals surface area (Å²) in [5.74, 6) is 1.76. The molecule has 1 saturated heterocycles. The van der Waals surface area contributed by atoms with Gasteiger partial charge in [-0.1, -0.05) is 13.0 Å². The normalized spacial score (nSPS) is 20.9. The Morgan fingerprint density at radius 1 is 1.22 bits per heavy atom. The molecule has 0 amide bonds. The number of piperazine rings is 1. The molecule has 1 aromatic carbocycles. The fraction of sp³-hybridized carbons (Fsp3) is 0.571. The summed E-state index contributed by atoms with van der Waals surface area (Å²) in [7, 11) is 0. The van der Waals surface area contributed by atoms with Gasteiger partial charge in [0.25, 0.3) is 0 Å². The molecule has 0 aromatic heterocycles. The van der Waals surface area contributed by atoms with Crippen molar-refractivity contribution in [3.63, 3.8) is 0 Å². The van der Waals surface area contributed by atoms with Gasteiger partial charge < -0.3 is 14.8 Å². The predicted molar refractivity (Wildman–Crippen MR) is 70.0 cm³/mol. The summed E-state index contributed by atoms with van der Waals surface area (Å²) in [5, 5.41) is 3.40. The van der Waals surface area contributed by atoms with E-state index in [2.05, 4.69) is 29.3 Å². The van der Waals surface area contributed by atoms with Crippen LogP contribution >= 0.6 is 0 Å². The molecule has 98 valence electrons. The Morgan fingerprint density at radius 3 is 2.78 bits per heavy atom. The van der Waals surface area contributed by atoms with Gasteiger partial charge in [0.05, 0.1) is 0 Å². The third kappa shape index (κ3) is 2.18. The first kappa shape index (κ1) is 11.8. The molecule has 0 spiro atoms. The summed E-state index contributed by atoms with van der Waals surface area (Å²) in [6.07, 6.45) is 1.12. The number of hydrogen-bond acceptors (Lipinski definition) is 4. The molecule has 4 heteroatoms. The van der Waals surface area contributed by atoms with E-state index in [1.54, 1.807) is 0 Å². The highest BCUT2D eigenvalue weighted by atomic mass is 16.7. The van der Waals surface area contributed by atoms with Crippen LogP contribution in [0.15, 0.2) is 18.2 Å². The van der Waals surface area contributed by atoms with Crippen molar-refractivity contribution in [2.45, 2.75) is 19.4 Å². The van der Waals surface area contributed by atoms with Gasteiger partial charge in [-0.25, -0.2) is 0 Å². The molecule has 2 heterocycles. The van der Waals surface area contributed by atoms with E-state index in [-0.39, 0.29) is 0 Å². The summed E-state index contributed by atoms with van der Waals surface area (Å²) < 4.78 is 10.8. The number of ether oxygens (including phenoxy) is 2. The molecule has 2 aliphatic rings. The molecule has 0 unspecified atom stereocenters. The molecule has 0 radical (unpaired) electrons. The van der Waals surface area contributed by atoms with E-state index in [0.29, 0.717) is 12.8 Å². The third-order valence-corrected chi connectivity index (χ3v) is 3.76. The molecule has 1 aromatic rings. The van der Waals surface area contributed by atoms with Crippen molar-refractivity contribution < 1.29 is 9.47 Å². The Bertz CT molecular complexity index is 416. The summed E-state index contributed by atoms with van der Waals surface area (Å²) in [5.41, 5.74) is 1.34. The predicted octanol–water partition coefficient (Wildman–Crippen LogP) is 1.77. The van der Waals surface area contributed by atoms with Gasteiger partial charge in [0.1, 0.15) is 0 Å². The average Bonchev–Trinajstić information content (AvgIpc) is 2.88. The van der Waals surface area contributed by atoms with Crippen molar-refractivity contribution in [2.24, 2.45) is 0 Å². The summed E-state index contributed by atoms with van der Waals surface area (Å²) in [6.45, 7) is 7.00. The lowest BCUT2D eigenvalue weighted by Gasteiger charge is -2.34. The minimum absolute atomic E-state index is 0.350. The second kappa shape index (κ2) is 5.16. The highest BCUT2D eigenvalue weighted by Gasteiger charge is 2.22. The zero-order valence-corrected chi connectivity index (χ0v) is 10.8. The molecule has 0 saturated carbocycles. The van der Waals surface area contributed by atoms with E-state index in [4.69, 9.17) is 9.47 Å². The maximum absolute atomic E-state index is 5.47. The maximum Gasteiger partial charge on any atom is 0.231 e. The molecule has 18 heavy (non-hydrogen) atoms. The Kier molecular flexibility index (Phi) is 3.39. The number of hydrogen-bond donors (Lipinski definition) is 1. The molecule has 0 bridgehead atoms.